The molecule has 0 saturated heterocycles. The molecule has 1 aliphatic rings. The highest BCUT2D eigenvalue weighted by Gasteiger charge is 2.15. The van der Waals surface area contributed by atoms with Crippen LogP contribution >= 0.6 is 11.3 Å². The lowest BCUT2D eigenvalue weighted by molar-refractivity contribution is 0.174. The molecule has 1 N–H and O–H groups in total. The Morgan fingerprint density at radius 2 is 1.96 bits per heavy atom. The van der Waals surface area contributed by atoms with Crippen molar-refractivity contribution in [1.82, 2.24) is 10.3 Å². The van der Waals surface area contributed by atoms with Crippen molar-refractivity contribution in [3.63, 3.8) is 0 Å². The lowest BCUT2D eigenvalue weighted by Crippen LogP contribution is -2.17. The molecule has 0 fully saturated rings. The van der Waals surface area contributed by atoms with Gasteiger partial charge in [-0.15, -0.1) is 11.3 Å². The molecule has 1 aliphatic heterocycles. The molecule has 134 valence electrons. The monoisotopic (exact) mass is 374 g/mol. The van der Waals surface area contributed by atoms with Crippen LogP contribution in [0.1, 0.15) is 11.3 Å². The number of nitrogens with one attached hydrogen (secondary N) is 1. The van der Waals surface area contributed by atoms with Gasteiger partial charge in [0.15, 0.2) is 11.5 Å². The predicted molar refractivity (Wildman–Crippen MR) is 95.4 cm³/mol. The molecule has 0 saturated carbocycles. The van der Waals surface area contributed by atoms with E-state index in [9.17, 15) is 8.78 Å². The Bertz CT molecular complexity index is 930. The molecule has 0 unspecified atom stereocenters. The van der Waals surface area contributed by atoms with Crippen molar-refractivity contribution in [2.24, 2.45) is 0 Å². The Labute approximate surface area is 153 Å². The molecule has 0 spiro atoms. The highest BCUT2D eigenvalue weighted by molar-refractivity contribution is 7.13. The van der Waals surface area contributed by atoms with E-state index in [-0.39, 0.29) is 6.79 Å². The Balaban J connectivity index is 1.32. The number of rotatable bonds is 6. The maximum absolute atomic E-state index is 13.6. The van der Waals surface area contributed by atoms with E-state index in [0.717, 1.165) is 33.8 Å². The molecule has 0 atom stereocenters. The van der Waals surface area contributed by atoms with E-state index in [4.69, 9.17) is 9.47 Å². The van der Waals surface area contributed by atoms with Crippen LogP contribution in [0, 0.1) is 11.6 Å². The molecular formula is C19H16F2N2O2S. The lowest BCUT2D eigenvalue weighted by atomic mass is 10.1. The third kappa shape index (κ3) is 3.68. The zero-order valence-corrected chi connectivity index (χ0v) is 14.6. The Kier molecular flexibility index (Phi) is 4.81. The van der Waals surface area contributed by atoms with Crippen molar-refractivity contribution >= 4 is 11.3 Å². The van der Waals surface area contributed by atoms with Gasteiger partial charge in [0.2, 0.25) is 6.79 Å². The van der Waals surface area contributed by atoms with Crippen LogP contribution in [-0.4, -0.2) is 18.3 Å². The van der Waals surface area contributed by atoms with Gasteiger partial charge in [-0.3, -0.25) is 0 Å². The van der Waals surface area contributed by atoms with E-state index in [0.29, 0.717) is 25.1 Å². The molecule has 26 heavy (non-hydrogen) atoms. The van der Waals surface area contributed by atoms with Gasteiger partial charge in [0.25, 0.3) is 0 Å². The van der Waals surface area contributed by atoms with E-state index in [1.807, 2.05) is 23.6 Å². The zero-order valence-electron chi connectivity index (χ0n) is 13.8. The minimum atomic E-state index is -0.558. The van der Waals surface area contributed by atoms with Crippen molar-refractivity contribution in [3.8, 4) is 22.1 Å². The van der Waals surface area contributed by atoms with Crippen LogP contribution in [0.25, 0.3) is 10.6 Å². The first-order chi connectivity index (χ1) is 12.7. The SMILES string of the molecule is Fc1ccc(CCNCc2csc(-c3ccc4c(c3)OCO4)n2)c(F)c1. The first-order valence-electron chi connectivity index (χ1n) is 8.18. The number of hydrogen-bond donors (Lipinski definition) is 1. The first kappa shape index (κ1) is 16.9. The van der Waals surface area contributed by atoms with Crippen LogP contribution < -0.4 is 14.8 Å². The smallest absolute Gasteiger partial charge is 0.231 e. The predicted octanol–water partition coefficient (Wildman–Crippen LogP) is 4.15. The summed E-state index contributed by atoms with van der Waals surface area (Å²) in [5.41, 5.74) is 2.40. The summed E-state index contributed by atoms with van der Waals surface area (Å²) in [5.74, 6) is 0.419. The summed E-state index contributed by atoms with van der Waals surface area (Å²) in [6.07, 6.45) is 0.491. The van der Waals surface area contributed by atoms with Crippen molar-refractivity contribution in [3.05, 3.63) is 64.7 Å². The molecule has 7 heteroatoms. The largest absolute Gasteiger partial charge is 0.454 e. The van der Waals surface area contributed by atoms with Crippen LogP contribution in [0.15, 0.2) is 41.8 Å². The van der Waals surface area contributed by atoms with Gasteiger partial charge in [-0.2, -0.15) is 0 Å². The Hall–Kier alpha value is -2.51. The summed E-state index contributed by atoms with van der Waals surface area (Å²) >= 11 is 1.56. The number of ether oxygens (including phenoxy) is 2. The second-order valence-corrected chi connectivity index (χ2v) is 6.73. The highest BCUT2D eigenvalue weighted by Crippen LogP contribution is 2.36. The molecule has 0 amide bonds. The highest BCUT2D eigenvalue weighted by atomic mass is 32.1. The Morgan fingerprint density at radius 3 is 2.85 bits per heavy atom. The summed E-state index contributed by atoms with van der Waals surface area (Å²) < 4.78 is 37.2. The van der Waals surface area contributed by atoms with Gasteiger partial charge < -0.3 is 14.8 Å². The maximum Gasteiger partial charge on any atom is 0.231 e. The van der Waals surface area contributed by atoms with Crippen LogP contribution in [-0.2, 0) is 13.0 Å². The summed E-state index contributed by atoms with van der Waals surface area (Å²) in [5, 5.41) is 6.14. The number of halogens is 2. The molecular weight excluding hydrogens is 358 g/mol. The number of thiazole rings is 1. The molecule has 2 heterocycles. The van der Waals surface area contributed by atoms with Crippen LogP contribution in [0.4, 0.5) is 8.78 Å². The molecule has 0 aliphatic carbocycles. The summed E-state index contributed by atoms with van der Waals surface area (Å²) in [7, 11) is 0. The van der Waals surface area contributed by atoms with Gasteiger partial charge in [0, 0.05) is 23.6 Å². The molecule has 3 aromatic rings. The van der Waals surface area contributed by atoms with Crippen molar-refractivity contribution in [2.75, 3.05) is 13.3 Å². The van der Waals surface area contributed by atoms with Crippen molar-refractivity contribution < 1.29 is 18.3 Å². The van der Waals surface area contributed by atoms with Crippen LogP contribution in [0.3, 0.4) is 0 Å². The fourth-order valence-corrected chi connectivity index (χ4v) is 3.53. The summed E-state index contributed by atoms with van der Waals surface area (Å²) in [6.45, 7) is 1.42. The number of benzene rings is 2. The van der Waals surface area contributed by atoms with Gasteiger partial charge in [0.05, 0.1) is 5.69 Å². The fourth-order valence-electron chi connectivity index (χ4n) is 2.71. The second kappa shape index (κ2) is 7.39. The van der Waals surface area contributed by atoms with Crippen LogP contribution in [0.2, 0.25) is 0 Å². The van der Waals surface area contributed by atoms with Crippen LogP contribution in [0.5, 0.6) is 11.5 Å². The molecule has 0 bridgehead atoms. The fraction of sp³-hybridized carbons (Fsp3) is 0.211. The third-order valence-corrected chi connectivity index (χ3v) is 5.00. The average molecular weight is 374 g/mol. The second-order valence-electron chi connectivity index (χ2n) is 5.87. The van der Waals surface area contributed by atoms with Gasteiger partial charge in [0.1, 0.15) is 16.6 Å². The Morgan fingerprint density at radius 1 is 1.08 bits per heavy atom. The lowest BCUT2D eigenvalue weighted by Gasteiger charge is -2.05. The topological polar surface area (TPSA) is 43.4 Å². The van der Waals surface area contributed by atoms with E-state index >= 15 is 0 Å². The quantitative estimate of drug-likeness (QED) is 0.659. The first-order valence-corrected chi connectivity index (χ1v) is 9.06. The maximum atomic E-state index is 13.6. The zero-order chi connectivity index (χ0) is 17.9. The number of aromatic nitrogens is 1. The third-order valence-electron chi connectivity index (χ3n) is 4.06. The molecule has 2 aromatic carbocycles. The van der Waals surface area contributed by atoms with E-state index < -0.39 is 11.6 Å². The van der Waals surface area contributed by atoms with Gasteiger partial charge >= 0.3 is 0 Å². The summed E-state index contributed by atoms with van der Waals surface area (Å²) in [4.78, 5) is 4.62. The molecule has 0 radical (unpaired) electrons. The van der Waals surface area contributed by atoms with E-state index in [2.05, 4.69) is 10.3 Å². The van der Waals surface area contributed by atoms with Gasteiger partial charge in [-0.25, -0.2) is 13.8 Å². The number of nitrogens with zero attached hydrogens (tertiary/aromatic N) is 1. The number of hydrogen-bond acceptors (Lipinski definition) is 5. The van der Waals surface area contributed by atoms with Gasteiger partial charge in [-0.1, -0.05) is 6.07 Å². The average Bonchev–Trinajstić information content (AvgIpc) is 3.28. The minimum absolute atomic E-state index is 0.250. The molecule has 4 nitrogen and oxygen atoms in total. The van der Waals surface area contributed by atoms with Crippen molar-refractivity contribution in [1.29, 1.82) is 0 Å². The standard InChI is InChI=1S/C19H16F2N2O2S/c20-14-3-1-12(16(21)8-14)5-6-22-9-15-10-26-19(23-15)13-2-4-17-18(7-13)25-11-24-17/h1-4,7-8,10,22H,5-6,9,11H2. The van der Waals surface area contributed by atoms with Crippen molar-refractivity contribution in [2.45, 2.75) is 13.0 Å². The minimum Gasteiger partial charge on any atom is -0.454 e. The molecule has 4 rings (SSSR count). The number of fused-ring (bicyclic) bond motifs is 1. The molecule has 1 aromatic heterocycles. The normalized spacial score (nSPS) is 12.5. The van der Waals surface area contributed by atoms with Gasteiger partial charge in [-0.05, 0) is 42.8 Å². The van der Waals surface area contributed by atoms with E-state index in [1.165, 1.54) is 12.1 Å². The van der Waals surface area contributed by atoms with E-state index in [1.54, 1.807) is 11.3 Å². The summed E-state index contributed by atoms with van der Waals surface area (Å²) in [6, 6.07) is 9.43.